The largest absolute Gasteiger partial charge is 0.381 e. The first-order valence-corrected chi connectivity index (χ1v) is 7.26. The summed E-state index contributed by atoms with van der Waals surface area (Å²) in [4.78, 5) is 12.7. The number of hydrogen-bond donors (Lipinski definition) is 2. The fraction of sp³-hybridized carbons (Fsp3) is 0.667. The molecule has 2 rings (SSSR count). The van der Waals surface area contributed by atoms with Crippen LogP contribution >= 0.6 is 24.0 Å². The van der Waals surface area contributed by atoms with Crippen molar-refractivity contribution in [1.29, 1.82) is 0 Å². The predicted octanol–water partition coefficient (Wildman–Crippen LogP) is 1.88. The summed E-state index contributed by atoms with van der Waals surface area (Å²) in [6.45, 7) is 6.94. The van der Waals surface area contributed by atoms with Crippen LogP contribution < -0.4 is 10.6 Å². The number of methoxy groups -OCH3 is 1. The second-order valence-corrected chi connectivity index (χ2v) is 6.00. The third-order valence-electron chi connectivity index (χ3n) is 4.27. The van der Waals surface area contributed by atoms with Gasteiger partial charge in [0, 0.05) is 31.8 Å². The third kappa shape index (κ3) is 4.28. The van der Waals surface area contributed by atoms with E-state index < -0.39 is 0 Å². The number of hydrogen-bond acceptors (Lipinski definition) is 4. The van der Waals surface area contributed by atoms with Gasteiger partial charge in [0.25, 0.3) is 0 Å². The molecule has 1 aromatic rings. The summed E-state index contributed by atoms with van der Waals surface area (Å²) in [5, 5.41) is 6.75. The van der Waals surface area contributed by atoms with Crippen molar-refractivity contribution in [3.63, 3.8) is 0 Å². The quantitative estimate of drug-likeness (QED) is 0.443. The fourth-order valence-corrected chi connectivity index (χ4v) is 2.67. The molecule has 0 bridgehead atoms. The fourth-order valence-electron chi connectivity index (χ4n) is 2.67. The molecule has 22 heavy (non-hydrogen) atoms. The van der Waals surface area contributed by atoms with Crippen LogP contribution in [0.4, 0.5) is 0 Å². The molecule has 0 amide bonds. The smallest absolute Gasteiger partial charge is 0.191 e. The molecule has 0 aliphatic heterocycles. The van der Waals surface area contributed by atoms with Crippen LogP contribution in [0.1, 0.15) is 31.8 Å². The van der Waals surface area contributed by atoms with Gasteiger partial charge in [-0.3, -0.25) is 4.99 Å². The standard InChI is InChI=1S/C15H25N5O.HI/c1-10-17-7-6-11(19-10)9-18-14(16-4)20-12-8-13(21-5)15(12,2)3;/h6-7,12-13H,8-9H2,1-5H3,(H2,16,18,20);1H. The van der Waals surface area contributed by atoms with Crippen molar-refractivity contribution in [3.8, 4) is 0 Å². The number of rotatable bonds is 4. The summed E-state index contributed by atoms with van der Waals surface area (Å²) >= 11 is 0. The maximum atomic E-state index is 5.47. The van der Waals surface area contributed by atoms with Gasteiger partial charge in [-0.2, -0.15) is 0 Å². The van der Waals surface area contributed by atoms with Crippen LogP contribution in [0.15, 0.2) is 17.3 Å². The summed E-state index contributed by atoms with van der Waals surface area (Å²) in [6.07, 6.45) is 3.07. The predicted molar refractivity (Wildman–Crippen MR) is 98.5 cm³/mol. The number of nitrogens with zero attached hydrogens (tertiary/aromatic N) is 3. The van der Waals surface area contributed by atoms with Crippen LogP contribution in [0, 0.1) is 12.3 Å². The van der Waals surface area contributed by atoms with Crippen molar-refractivity contribution in [3.05, 3.63) is 23.8 Å². The van der Waals surface area contributed by atoms with Crippen LogP contribution in [0.2, 0.25) is 0 Å². The van der Waals surface area contributed by atoms with Gasteiger partial charge in [0.1, 0.15) is 5.82 Å². The molecule has 1 aliphatic carbocycles. The van der Waals surface area contributed by atoms with Crippen LogP contribution in [0.25, 0.3) is 0 Å². The minimum Gasteiger partial charge on any atom is -0.381 e. The van der Waals surface area contributed by atoms with E-state index in [2.05, 4.69) is 39.4 Å². The maximum Gasteiger partial charge on any atom is 0.191 e. The number of guanidine groups is 1. The zero-order valence-corrected chi connectivity index (χ0v) is 16.2. The lowest BCUT2D eigenvalue weighted by atomic mass is 9.64. The van der Waals surface area contributed by atoms with E-state index in [9.17, 15) is 0 Å². The number of aliphatic imine (C=N–C) groups is 1. The Hall–Kier alpha value is -0.960. The normalized spacial score (nSPS) is 23.2. The molecule has 1 aliphatic rings. The molecule has 0 saturated heterocycles. The Morgan fingerprint density at radius 2 is 2.23 bits per heavy atom. The molecule has 1 aromatic heterocycles. The molecular weight excluding hydrogens is 393 g/mol. The van der Waals surface area contributed by atoms with E-state index in [0.29, 0.717) is 18.7 Å². The Labute approximate surface area is 149 Å². The Bertz CT molecular complexity index is 520. The van der Waals surface area contributed by atoms with Gasteiger partial charge in [-0.05, 0) is 19.4 Å². The van der Waals surface area contributed by atoms with Gasteiger partial charge >= 0.3 is 0 Å². The molecule has 2 atom stereocenters. The van der Waals surface area contributed by atoms with Crippen LogP contribution in [-0.4, -0.2) is 42.2 Å². The first-order chi connectivity index (χ1) is 9.97. The van der Waals surface area contributed by atoms with Crippen molar-refractivity contribution in [2.75, 3.05) is 14.2 Å². The number of ether oxygens (including phenoxy) is 1. The second-order valence-electron chi connectivity index (χ2n) is 6.00. The highest BCUT2D eigenvalue weighted by molar-refractivity contribution is 14.0. The highest BCUT2D eigenvalue weighted by atomic mass is 127. The number of nitrogens with one attached hydrogen (secondary N) is 2. The summed E-state index contributed by atoms with van der Waals surface area (Å²) in [5.74, 6) is 1.57. The van der Waals surface area contributed by atoms with Gasteiger partial charge in [-0.25, -0.2) is 9.97 Å². The topological polar surface area (TPSA) is 71.4 Å². The monoisotopic (exact) mass is 419 g/mol. The Morgan fingerprint density at radius 1 is 1.50 bits per heavy atom. The highest BCUT2D eigenvalue weighted by Crippen LogP contribution is 2.42. The van der Waals surface area contributed by atoms with Gasteiger partial charge in [0.05, 0.1) is 18.3 Å². The van der Waals surface area contributed by atoms with E-state index in [1.165, 1.54) is 0 Å². The zero-order valence-electron chi connectivity index (χ0n) is 13.9. The molecular formula is C15H26IN5O. The van der Waals surface area contributed by atoms with E-state index >= 15 is 0 Å². The molecule has 1 fully saturated rings. The average Bonchev–Trinajstić information content (AvgIpc) is 2.46. The number of halogens is 1. The molecule has 0 aromatic carbocycles. The Kier molecular flexibility index (Phi) is 6.98. The second kappa shape index (κ2) is 8.05. The van der Waals surface area contributed by atoms with E-state index in [0.717, 1.165) is 23.9 Å². The molecule has 2 N–H and O–H groups in total. The van der Waals surface area contributed by atoms with Crippen molar-refractivity contribution in [2.45, 2.75) is 45.9 Å². The molecule has 0 radical (unpaired) electrons. The van der Waals surface area contributed by atoms with Crippen molar-refractivity contribution < 1.29 is 4.74 Å². The number of aromatic nitrogens is 2. The van der Waals surface area contributed by atoms with Gasteiger partial charge in [0.15, 0.2) is 5.96 Å². The van der Waals surface area contributed by atoms with Gasteiger partial charge in [0.2, 0.25) is 0 Å². The first kappa shape index (κ1) is 19.1. The molecule has 1 saturated carbocycles. The van der Waals surface area contributed by atoms with Gasteiger partial charge in [-0.1, -0.05) is 13.8 Å². The van der Waals surface area contributed by atoms with E-state index in [1.54, 1.807) is 20.4 Å². The van der Waals surface area contributed by atoms with Crippen LogP contribution in [-0.2, 0) is 11.3 Å². The lowest BCUT2D eigenvalue weighted by Crippen LogP contribution is -2.63. The van der Waals surface area contributed by atoms with Crippen molar-refractivity contribution in [2.24, 2.45) is 10.4 Å². The molecule has 1 heterocycles. The van der Waals surface area contributed by atoms with E-state index in [-0.39, 0.29) is 29.4 Å². The van der Waals surface area contributed by atoms with Crippen molar-refractivity contribution >= 4 is 29.9 Å². The van der Waals surface area contributed by atoms with Crippen LogP contribution in [0.3, 0.4) is 0 Å². The molecule has 2 unspecified atom stereocenters. The average molecular weight is 419 g/mol. The summed E-state index contributed by atoms with van der Waals surface area (Å²) in [7, 11) is 3.55. The third-order valence-corrected chi connectivity index (χ3v) is 4.27. The SMILES string of the molecule is CN=C(NCc1ccnc(C)n1)NC1CC(OC)C1(C)C.I. The highest BCUT2D eigenvalue weighted by Gasteiger charge is 2.48. The van der Waals surface area contributed by atoms with E-state index in [4.69, 9.17) is 4.74 Å². The lowest BCUT2D eigenvalue weighted by molar-refractivity contribution is -0.0922. The molecule has 7 heteroatoms. The first-order valence-electron chi connectivity index (χ1n) is 7.26. The summed E-state index contributed by atoms with van der Waals surface area (Å²) in [6, 6.07) is 2.27. The van der Waals surface area contributed by atoms with Crippen molar-refractivity contribution in [1.82, 2.24) is 20.6 Å². The Balaban J connectivity index is 0.00000242. The minimum absolute atomic E-state index is 0. The minimum atomic E-state index is 0. The van der Waals surface area contributed by atoms with E-state index in [1.807, 2.05) is 13.0 Å². The summed E-state index contributed by atoms with van der Waals surface area (Å²) < 4.78 is 5.47. The maximum absolute atomic E-state index is 5.47. The van der Waals surface area contributed by atoms with Gasteiger partial charge in [-0.15, -0.1) is 24.0 Å². The lowest BCUT2D eigenvalue weighted by Gasteiger charge is -2.51. The summed E-state index contributed by atoms with van der Waals surface area (Å²) in [5.41, 5.74) is 1.06. The van der Waals surface area contributed by atoms with Gasteiger partial charge < -0.3 is 15.4 Å². The Morgan fingerprint density at radius 3 is 2.77 bits per heavy atom. The molecule has 124 valence electrons. The molecule has 0 spiro atoms. The van der Waals surface area contributed by atoms with Crippen LogP contribution in [0.5, 0.6) is 0 Å². The zero-order chi connectivity index (χ0) is 15.5. The molecule has 6 nitrogen and oxygen atoms in total. The number of aryl methyl sites for hydroxylation is 1.